The van der Waals surface area contributed by atoms with Crippen LogP contribution in [0.15, 0.2) is 120 Å². The van der Waals surface area contributed by atoms with Crippen LogP contribution in [0.1, 0.15) is 99.8 Å². The molecule has 0 N–H and O–H groups in total. The lowest BCUT2D eigenvalue weighted by molar-refractivity contribution is -0.156. The van der Waals surface area contributed by atoms with Gasteiger partial charge in [0.15, 0.2) is 0 Å². The average molecular weight is 1140 g/mol. The van der Waals surface area contributed by atoms with Crippen LogP contribution in [0.3, 0.4) is 0 Å². The normalized spacial score (nSPS) is 17.9. The van der Waals surface area contributed by atoms with E-state index in [1.165, 1.54) is 70.5 Å². The quantitative estimate of drug-likeness (QED) is 0.0767. The van der Waals surface area contributed by atoms with E-state index in [9.17, 15) is 65.6 Å². The molecule has 8 rings (SSSR count). The number of rotatable bonds is 16. The SMILES string of the molecule is CN(CCCN1CC2=C(C1=O)[C@@H](c1ccc(C#N)cc1)N(CC(=O)OC(C)(C)C)C(=O)N2c1cccc(C(F)(F)F)c1)CCCN1CC2=C(C1=O)[C@@H](c1ccc(C#N)cc1)N(CC(=O)OC(C)(C)C)C(=O)N2c1cccc(C(F)(F)F)c1. The zero-order valence-electron chi connectivity index (χ0n) is 46.0. The maximum Gasteiger partial charge on any atom is 0.416 e. The number of amides is 6. The van der Waals surface area contributed by atoms with Gasteiger partial charge in [0, 0.05) is 13.1 Å². The Bertz CT molecular complexity index is 3110. The summed E-state index contributed by atoms with van der Waals surface area (Å²) < 4.78 is 96.1. The third kappa shape index (κ3) is 12.9. The molecule has 4 aromatic rings. The smallest absolute Gasteiger partial charge is 0.416 e. The number of hydrogen-bond acceptors (Lipinski definition) is 11. The third-order valence-electron chi connectivity index (χ3n) is 13.9. The van der Waals surface area contributed by atoms with Gasteiger partial charge in [-0.25, -0.2) is 9.59 Å². The van der Waals surface area contributed by atoms with E-state index in [0.717, 1.165) is 56.0 Å². The van der Waals surface area contributed by atoms with Crippen LogP contribution in [0.25, 0.3) is 0 Å². The molecule has 4 aliphatic heterocycles. The van der Waals surface area contributed by atoms with Crippen LogP contribution in [0.5, 0.6) is 0 Å². The van der Waals surface area contributed by atoms with E-state index in [1.54, 1.807) is 48.6 Å². The highest BCUT2D eigenvalue weighted by atomic mass is 19.4. The van der Waals surface area contributed by atoms with E-state index in [1.807, 2.05) is 17.0 Å². The van der Waals surface area contributed by atoms with Gasteiger partial charge >= 0.3 is 36.4 Å². The molecule has 23 heteroatoms. The largest absolute Gasteiger partial charge is 0.459 e. The lowest BCUT2D eigenvalue weighted by Crippen LogP contribution is -2.52. The highest BCUT2D eigenvalue weighted by molar-refractivity contribution is 6.09. The maximum absolute atomic E-state index is 14.8. The standard InChI is InChI=1S/C59H59F6N9O8/c1-56(2,3)81-46(75)34-71-50(38-20-16-36(30-66)17-21-38)48-44(73(54(71)79)42-14-8-12-40(28-42)58(60,61)62)32-69(52(48)77)26-10-24-68(7)25-11-27-70-33-45-49(53(70)78)51(39-22-18-37(31-67)19-23-39)72(35-47(76)82-57(4,5)6)55(80)74(45)43-15-9-13-41(29-43)59(63,64)65/h8-9,12-23,28-29,50-51H,10-11,24-27,32-35H2,1-7H3/t50-,51-/m1/s1. The molecule has 0 fully saturated rings. The van der Waals surface area contributed by atoms with Gasteiger partial charge in [-0.15, -0.1) is 0 Å². The van der Waals surface area contributed by atoms with Crippen molar-refractivity contribution in [1.82, 2.24) is 24.5 Å². The molecule has 17 nitrogen and oxygen atoms in total. The van der Waals surface area contributed by atoms with Gasteiger partial charge in [-0.05, 0) is 146 Å². The van der Waals surface area contributed by atoms with Gasteiger partial charge in [0.05, 0.1) is 93.5 Å². The first kappa shape index (κ1) is 59.4. The predicted octanol–water partition coefficient (Wildman–Crippen LogP) is 9.72. The second kappa shape index (κ2) is 23.0. The van der Waals surface area contributed by atoms with E-state index in [0.29, 0.717) is 37.1 Å². The Kier molecular flexibility index (Phi) is 16.7. The number of carbonyl (C=O) groups excluding carboxylic acids is 6. The molecule has 2 atom stereocenters. The molecule has 0 unspecified atom stereocenters. The van der Waals surface area contributed by atoms with E-state index in [4.69, 9.17) is 9.47 Å². The fourth-order valence-electron chi connectivity index (χ4n) is 10.4. The van der Waals surface area contributed by atoms with Gasteiger partial charge in [-0.2, -0.15) is 36.9 Å². The van der Waals surface area contributed by atoms with Crippen molar-refractivity contribution in [3.8, 4) is 12.1 Å². The fraction of sp³-hybridized carbons (Fsp3) is 0.390. The molecule has 82 heavy (non-hydrogen) atoms. The monoisotopic (exact) mass is 1140 g/mol. The number of alkyl halides is 6. The number of nitrogens with zero attached hydrogens (tertiary/aromatic N) is 9. The summed E-state index contributed by atoms with van der Waals surface area (Å²) in [4.78, 5) is 95.3. The number of halogens is 6. The molecular weight excluding hydrogens is 1080 g/mol. The minimum absolute atomic E-state index is 0.0351. The second-order valence-corrected chi connectivity index (χ2v) is 22.2. The topological polar surface area (TPSA) is 191 Å². The van der Waals surface area contributed by atoms with Gasteiger partial charge in [0.2, 0.25) is 0 Å². The van der Waals surface area contributed by atoms with Crippen LogP contribution in [-0.4, -0.2) is 131 Å². The molecular formula is C59H59F6N9O8. The Morgan fingerprint density at radius 1 is 0.573 bits per heavy atom. The van der Waals surface area contributed by atoms with Crippen LogP contribution in [0.4, 0.5) is 47.3 Å². The van der Waals surface area contributed by atoms with Gasteiger partial charge < -0.3 is 34.0 Å². The van der Waals surface area contributed by atoms with Crippen LogP contribution in [0, 0.1) is 22.7 Å². The zero-order chi connectivity index (χ0) is 59.8. The Morgan fingerprint density at radius 2 is 0.927 bits per heavy atom. The van der Waals surface area contributed by atoms with Crippen molar-refractivity contribution >= 4 is 47.2 Å². The molecule has 6 amide bonds. The number of esters is 2. The molecule has 0 saturated carbocycles. The first-order valence-electron chi connectivity index (χ1n) is 26.2. The molecule has 0 aromatic heterocycles. The first-order valence-corrected chi connectivity index (χ1v) is 26.2. The summed E-state index contributed by atoms with van der Waals surface area (Å²) >= 11 is 0. The molecule has 430 valence electrons. The Labute approximate surface area is 469 Å². The van der Waals surface area contributed by atoms with Crippen molar-refractivity contribution in [2.45, 2.75) is 90.0 Å². The molecule has 0 radical (unpaired) electrons. The zero-order valence-corrected chi connectivity index (χ0v) is 46.0. The van der Waals surface area contributed by atoms with Gasteiger partial charge in [-0.3, -0.25) is 29.0 Å². The van der Waals surface area contributed by atoms with E-state index in [2.05, 4.69) is 0 Å². The number of urea groups is 2. The van der Waals surface area contributed by atoms with E-state index < -0.39 is 95.7 Å². The molecule has 0 bridgehead atoms. The first-order chi connectivity index (χ1) is 38.5. The van der Waals surface area contributed by atoms with Crippen LogP contribution >= 0.6 is 0 Å². The van der Waals surface area contributed by atoms with Crippen molar-refractivity contribution in [3.63, 3.8) is 0 Å². The van der Waals surface area contributed by atoms with Gasteiger partial charge in [0.1, 0.15) is 24.3 Å². The molecule has 4 aromatic carbocycles. The number of anilines is 2. The number of hydrogen-bond donors (Lipinski definition) is 0. The summed E-state index contributed by atoms with van der Waals surface area (Å²) in [5, 5.41) is 19.1. The summed E-state index contributed by atoms with van der Waals surface area (Å²) in [5.41, 5.74) is -2.96. The highest BCUT2D eigenvalue weighted by Crippen LogP contribution is 2.47. The predicted molar refractivity (Wildman–Crippen MR) is 285 cm³/mol. The summed E-state index contributed by atoms with van der Waals surface area (Å²) in [5.74, 6) is -2.78. The molecule has 0 saturated heterocycles. The molecule has 4 aliphatic rings. The minimum Gasteiger partial charge on any atom is -0.459 e. The maximum atomic E-state index is 14.8. The van der Waals surface area contributed by atoms with Crippen molar-refractivity contribution in [3.05, 3.63) is 153 Å². The molecule has 4 heterocycles. The van der Waals surface area contributed by atoms with Crippen LogP contribution in [0.2, 0.25) is 0 Å². The molecule has 0 aliphatic carbocycles. The van der Waals surface area contributed by atoms with Crippen molar-refractivity contribution in [2.75, 3.05) is 69.2 Å². The third-order valence-corrected chi connectivity index (χ3v) is 13.9. The van der Waals surface area contributed by atoms with E-state index >= 15 is 0 Å². The summed E-state index contributed by atoms with van der Waals surface area (Å²) in [6.45, 7) is 8.91. The van der Waals surface area contributed by atoms with E-state index in [-0.39, 0.29) is 71.2 Å². The summed E-state index contributed by atoms with van der Waals surface area (Å²) in [6, 6.07) is 20.0. The van der Waals surface area contributed by atoms with Crippen molar-refractivity contribution in [1.29, 1.82) is 10.5 Å². The van der Waals surface area contributed by atoms with Crippen LogP contribution < -0.4 is 9.80 Å². The Morgan fingerprint density at radius 3 is 1.24 bits per heavy atom. The lowest BCUT2D eigenvalue weighted by Gasteiger charge is -2.41. The minimum atomic E-state index is -4.79. The highest BCUT2D eigenvalue weighted by Gasteiger charge is 2.52. The van der Waals surface area contributed by atoms with Crippen molar-refractivity contribution < 1.29 is 64.6 Å². The average Bonchev–Trinajstić information content (AvgIpc) is 4.08. The number of nitriles is 2. The number of benzene rings is 4. The van der Waals surface area contributed by atoms with Gasteiger partial charge in [-0.1, -0.05) is 36.4 Å². The molecule has 0 spiro atoms. The summed E-state index contributed by atoms with van der Waals surface area (Å²) in [7, 11) is 1.80. The van der Waals surface area contributed by atoms with Gasteiger partial charge in [0.25, 0.3) is 11.8 Å². The van der Waals surface area contributed by atoms with Crippen LogP contribution in [-0.2, 0) is 41.0 Å². The Balaban J connectivity index is 1.02. The number of ether oxygens (including phenoxy) is 2. The Hall–Kier alpha value is -8.70. The summed E-state index contributed by atoms with van der Waals surface area (Å²) in [6.07, 6.45) is -8.90. The van der Waals surface area contributed by atoms with Crippen molar-refractivity contribution in [2.24, 2.45) is 0 Å². The fourth-order valence-corrected chi connectivity index (χ4v) is 10.4. The number of carbonyl (C=O) groups is 6. The lowest BCUT2D eigenvalue weighted by atomic mass is 9.92. The second-order valence-electron chi connectivity index (χ2n) is 22.2.